The van der Waals surface area contributed by atoms with Crippen molar-refractivity contribution in [3.63, 3.8) is 0 Å². The lowest BCUT2D eigenvalue weighted by atomic mass is 9.97. The number of amides is 1. The molecule has 2 aromatic carbocycles. The SMILES string of the molecule is COc1ccc(S(=O)(=O)N2CCC(C(=O)NCCc3ccccc3)CC2)cc1C. The molecule has 0 radical (unpaired) electrons. The van der Waals surface area contributed by atoms with Crippen LogP contribution in [0.4, 0.5) is 0 Å². The van der Waals surface area contributed by atoms with Crippen molar-refractivity contribution in [2.75, 3.05) is 26.7 Å². The fourth-order valence-electron chi connectivity index (χ4n) is 3.64. The van der Waals surface area contributed by atoms with Crippen LogP contribution in [-0.2, 0) is 21.2 Å². The Balaban J connectivity index is 1.52. The molecule has 1 amide bonds. The highest BCUT2D eigenvalue weighted by Crippen LogP contribution is 2.27. The lowest BCUT2D eigenvalue weighted by molar-refractivity contribution is -0.126. The first-order chi connectivity index (χ1) is 13.9. The molecule has 1 fully saturated rings. The van der Waals surface area contributed by atoms with Crippen LogP contribution in [0.1, 0.15) is 24.0 Å². The maximum absolute atomic E-state index is 12.9. The normalized spacial score (nSPS) is 15.8. The van der Waals surface area contributed by atoms with E-state index >= 15 is 0 Å². The van der Waals surface area contributed by atoms with Crippen LogP contribution >= 0.6 is 0 Å². The Morgan fingerprint density at radius 3 is 2.45 bits per heavy atom. The lowest BCUT2D eigenvalue weighted by Crippen LogP contribution is -2.43. The third-order valence-corrected chi connectivity index (χ3v) is 7.28. The molecular weight excluding hydrogens is 388 g/mol. The summed E-state index contributed by atoms with van der Waals surface area (Å²) in [6.45, 7) is 3.12. The van der Waals surface area contributed by atoms with Crippen LogP contribution in [-0.4, -0.2) is 45.4 Å². The maximum atomic E-state index is 12.9. The van der Waals surface area contributed by atoms with Gasteiger partial charge in [0, 0.05) is 25.6 Å². The number of carbonyl (C=O) groups excluding carboxylic acids is 1. The highest BCUT2D eigenvalue weighted by molar-refractivity contribution is 7.89. The second-order valence-electron chi connectivity index (χ2n) is 7.34. The summed E-state index contributed by atoms with van der Waals surface area (Å²) in [5.41, 5.74) is 1.96. The van der Waals surface area contributed by atoms with Crippen LogP contribution in [0.15, 0.2) is 53.4 Å². The number of rotatable bonds is 7. The summed E-state index contributed by atoms with van der Waals surface area (Å²) in [4.78, 5) is 12.7. The number of nitrogens with zero attached hydrogens (tertiary/aromatic N) is 1. The van der Waals surface area contributed by atoms with Crippen LogP contribution in [0, 0.1) is 12.8 Å². The molecule has 1 aliphatic rings. The topological polar surface area (TPSA) is 75.7 Å². The molecule has 29 heavy (non-hydrogen) atoms. The van der Waals surface area contributed by atoms with E-state index < -0.39 is 10.0 Å². The van der Waals surface area contributed by atoms with Gasteiger partial charge in [-0.15, -0.1) is 0 Å². The molecule has 0 aromatic heterocycles. The Labute approximate surface area is 172 Å². The smallest absolute Gasteiger partial charge is 0.243 e. The molecule has 0 atom stereocenters. The molecule has 1 saturated heterocycles. The van der Waals surface area contributed by atoms with Gasteiger partial charge in [-0.05, 0) is 55.5 Å². The molecule has 6 nitrogen and oxygen atoms in total. The van der Waals surface area contributed by atoms with Crippen LogP contribution < -0.4 is 10.1 Å². The first-order valence-electron chi connectivity index (χ1n) is 9.88. The summed E-state index contributed by atoms with van der Waals surface area (Å²) in [7, 11) is -2.00. The average molecular weight is 417 g/mol. The van der Waals surface area contributed by atoms with Crippen molar-refractivity contribution in [1.29, 1.82) is 0 Å². The van der Waals surface area contributed by atoms with Gasteiger partial charge in [-0.2, -0.15) is 4.31 Å². The van der Waals surface area contributed by atoms with Crippen LogP contribution in [0.5, 0.6) is 5.75 Å². The number of ether oxygens (including phenoxy) is 1. The van der Waals surface area contributed by atoms with Gasteiger partial charge in [0.2, 0.25) is 15.9 Å². The number of methoxy groups -OCH3 is 1. The molecule has 0 aliphatic carbocycles. The molecule has 0 saturated carbocycles. The molecule has 0 spiro atoms. The molecule has 3 rings (SSSR count). The predicted molar refractivity (Wildman–Crippen MR) is 112 cm³/mol. The zero-order valence-corrected chi connectivity index (χ0v) is 17.7. The Morgan fingerprint density at radius 1 is 1.14 bits per heavy atom. The van der Waals surface area contributed by atoms with E-state index in [9.17, 15) is 13.2 Å². The van der Waals surface area contributed by atoms with E-state index in [0.717, 1.165) is 12.0 Å². The molecule has 156 valence electrons. The standard InChI is InChI=1S/C22H28N2O4S/c1-17-16-20(8-9-21(17)28-2)29(26,27)24-14-11-19(12-15-24)22(25)23-13-10-18-6-4-3-5-7-18/h3-9,16,19H,10-15H2,1-2H3,(H,23,25). The molecule has 7 heteroatoms. The van der Waals surface area contributed by atoms with Gasteiger partial charge >= 0.3 is 0 Å². The number of benzene rings is 2. The highest BCUT2D eigenvalue weighted by atomic mass is 32.2. The summed E-state index contributed by atoms with van der Waals surface area (Å²) in [6.07, 6.45) is 1.85. The minimum Gasteiger partial charge on any atom is -0.496 e. The predicted octanol–water partition coefficient (Wildman–Crippen LogP) is 2.76. The summed E-state index contributed by atoms with van der Waals surface area (Å²) in [6, 6.07) is 14.9. The van der Waals surface area contributed by atoms with Crippen LogP contribution in [0.3, 0.4) is 0 Å². The second-order valence-corrected chi connectivity index (χ2v) is 9.27. The van der Waals surface area contributed by atoms with Crippen LogP contribution in [0.25, 0.3) is 0 Å². The van der Waals surface area contributed by atoms with E-state index in [4.69, 9.17) is 4.74 Å². The fourth-order valence-corrected chi connectivity index (χ4v) is 5.19. The number of hydrogen-bond donors (Lipinski definition) is 1. The Hall–Kier alpha value is -2.38. The summed E-state index contributed by atoms with van der Waals surface area (Å²) in [5.74, 6) is 0.530. The quantitative estimate of drug-likeness (QED) is 0.753. The van der Waals surface area contributed by atoms with E-state index in [1.165, 1.54) is 9.87 Å². The summed E-state index contributed by atoms with van der Waals surface area (Å²) >= 11 is 0. The minimum atomic E-state index is -3.57. The monoisotopic (exact) mass is 416 g/mol. The van der Waals surface area contributed by atoms with E-state index in [1.807, 2.05) is 37.3 Å². The second kappa shape index (κ2) is 9.41. The largest absolute Gasteiger partial charge is 0.496 e. The van der Waals surface area contributed by atoms with Gasteiger partial charge in [-0.1, -0.05) is 30.3 Å². The molecule has 1 aliphatic heterocycles. The van der Waals surface area contributed by atoms with Crippen molar-refractivity contribution in [3.8, 4) is 5.75 Å². The number of nitrogens with one attached hydrogen (secondary N) is 1. The van der Waals surface area contributed by atoms with Gasteiger partial charge in [0.25, 0.3) is 0 Å². The van der Waals surface area contributed by atoms with Gasteiger partial charge in [0.15, 0.2) is 0 Å². The highest BCUT2D eigenvalue weighted by Gasteiger charge is 2.32. The van der Waals surface area contributed by atoms with Crippen molar-refractivity contribution >= 4 is 15.9 Å². The molecule has 0 bridgehead atoms. The van der Waals surface area contributed by atoms with Crippen LogP contribution in [0.2, 0.25) is 0 Å². The number of sulfonamides is 1. The van der Waals surface area contributed by atoms with Crippen molar-refractivity contribution < 1.29 is 17.9 Å². The number of carbonyl (C=O) groups is 1. The Bertz CT molecular complexity index is 937. The molecule has 1 heterocycles. The Morgan fingerprint density at radius 2 is 1.83 bits per heavy atom. The van der Waals surface area contributed by atoms with Crippen molar-refractivity contribution in [1.82, 2.24) is 9.62 Å². The minimum absolute atomic E-state index is 0.0123. The third-order valence-electron chi connectivity index (χ3n) is 5.38. The zero-order valence-electron chi connectivity index (χ0n) is 16.9. The van der Waals surface area contributed by atoms with E-state index in [-0.39, 0.29) is 16.7 Å². The average Bonchev–Trinajstić information content (AvgIpc) is 2.74. The van der Waals surface area contributed by atoms with E-state index in [0.29, 0.717) is 38.2 Å². The lowest BCUT2D eigenvalue weighted by Gasteiger charge is -2.30. The summed E-state index contributed by atoms with van der Waals surface area (Å²) < 4.78 is 32.5. The fraction of sp³-hybridized carbons (Fsp3) is 0.409. The number of piperidine rings is 1. The maximum Gasteiger partial charge on any atom is 0.243 e. The van der Waals surface area contributed by atoms with Crippen molar-refractivity contribution in [2.24, 2.45) is 5.92 Å². The first kappa shape index (κ1) is 21.3. The van der Waals surface area contributed by atoms with Gasteiger partial charge in [0.1, 0.15) is 5.75 Å². The molecule has 1 N–H and O–H groups in total. The Kier molecular flexibility index (Phi) is 6.92. The molecule has 0 unspecified atom stereocenters. The molecule has 2 aromatic rings. The third kappa shape index (κ3) is 5.16. The zero-order chi connectivity index (χ0) is 20.9. The van der Waals surface area contributed by atoms with Crippen molar-refractivity contribution in [3.05, 3.63) is 59.7 Å². The van der Waals surface area contributed by atoms with Gasteiger partial charge in [-0.25, -0.2) is 8.42 Å². The number of hydrogen-bond acceptors (Lipinski definition) is 4. The van der Waals surface area contributed by atoms with Gasteiger partial charge in [-0.3, -0.25) is 4.79 Å². The van der Waals surface area contributed by atoms with Gasteiger partial charge < -0.3 is 10.1 Å². The van der Waals surface area contributed by atoms with Crippen molar-refractivity contribution in [2.45, 2.75) is 31.1 Å². The van der Waals surface area contributed by atoms with E-state index in [1.54, 1.807) is 25.3 Å². The molecular formula is C22H28N2O4S. The first-order valence-corrected chi connectivity index (χ1v) is 11.3. The van der Waals surface area contributed by atoms with Gasteiger partial charge in [0.05, 0.1) is 12.0 Å². The van der Waals surface area contributed by atoms with E-state index in [2.05, 4.69) is 5.32 Å². The number of aryl methyl sites for hydroxylation is 1. The summed E-state index contributed by atoms with van der Waals surface area (Å²) in [5, 5.41) is 2.99.